The molecule has 10 heteroatoms. The van der Waals surface area contributed by atoms with Crippen LogP contribution < -0.4 is 20.5 Å². The van der Waals surface area contributed by atoms with Crippen LogP contribution in [0.2, 0.25) is 0 Å². The third-order valence-electron chi connectivity index (χ3n) is 2.66. The van der Waals surface area contributed by atoms with Gasteiger partial charge < -0.3 is 20.4 Å². The Hall–Kier alpha value is -2.92. The van der Waals surface area contributed by atoms with Gasteiger partial charge in [0, 0.05) is 11.8 Å². The van der Waals surface area contributed by atoms with Crippen molar-refractivity contribution in [3.8, 4) is 5.75 Å². The molecule has 0 aliphatic heterocycles. The minimum Gasteiger partial charge on any atom is -0.769 e. The number of rotatable bonds is 4. The Labute approximate surface area is 128 Å². The summed E-state index contributed by atoms with van der Waals surface area (Å²) < 4.78 is 18.4. The topological polar surface area (TPSA) is 131 Å². The van der Waals surface area contributed by atoms with Gasteiger partial charge in [0.15, 0.2) is 0 Å². The Balaban J connectivity index is 2.11. The highest BCUT2D eigenvalue weighted by Gasteiger charge is 2.11. The molecular weight excluding hydrogens is 313 g/mol. The van der Waals surface area contributed by atoms with Gasteiger partial charge in [0.25, 0.3) is 0 Å². The van der Waals surface area contributed by atoms with Crippen LogP contribution in [-0.2, 0) is 0 Å². The fourth-order valence-corrected chi connectivity index (χ4v) is 1.64. The zero-order valence-electron chi connectivity index (χ0n) is 11.3. The number of benzene rings is 2. The van der Waals surface area contributed by atoms with Gasteiger partial charge in [0.05, 0.1) is 11.4 Å². The molecule has 0 saturated heterocycles. The first-order chi connectivity index (χ1) is 10.9. The molecule has 0 radical (unpaired) electrons. The molecule has 122 valence electrons. The number of ether oxygens (including phenoxy) is 1. The maximum absolute atomic E-state index is 13.6. The fraction of sp³-hybridized carbons (Fsp3) is 0. The molecule has 0 unspecified atom stereocenters. The van der Waals surface area contributed by atoms with E-state index >= 15 is 0 Å². The Morgan fingerprint density at radius 3 is 2.52 bits per heavy atom. The van der Waals surface area contributed by atoms with Gasteiger partial charge in [-0.1, -0.05) is 6.07 Å². The van der Waals surface area contributed by atoms with Crippen molar-refractivity contribution in [3.05, 3.63) is 58.7 Å². The van der Waals surface area contributed by atoms with E-state index in [1.54, 1.807) is 0 Å². The minimum absolute atomic E-state index is 0.112. The summed E-state index contributed by atoms with van der Waals surface area (Å²) in [5, 5.41) is 40.1. The number of hydrogen-bond donors (Lipinski definition) is 3. The van der Waals surface area contributed by atoms with Crippen molar-refractivity contribution in [1.29, 1.82) is 0 Å². The SMILES string of the molecule is O=C(Nc1cc(N(O)O)ccc1F)Oc1cccc(N([O-])[O-])c1. The fourth-order valence-electron chi connectivity index (χ4n) is 1.64. The van der Waals surface area contributed by atoms with Crippen molar-refractivity contribution in [2.24, 2.45) is 0 Å². The van der Waals surface area contributed by atoms with E-state index in [1.165, 1.54) is 18.2 Å². The molecule has 0 heterocycles. The van der Waals surface area contributed by atoms with Crippen LogP contribution in [0.5, 0.6) is 5.75 Å². The summed E-state index contributed by atoms with van der Waals surface area (Å²) in [5.74, 6) is -0.953. The largest absolute Gasteiger partial charge is 0.769 e. The van der Waals surface area contributed by atoms with Crippen molar-refractivity contribution in [1.82, 2.24) is 0 Å². The lowest BCUT2D eigenvalue weighted by Gasteiger charge is -2.37. The van der Waals surface area contributed by atoms with Crippen molar-refractivity contribution >= 4 is 23.2 Å². The van der Waals surface area contributed by atoms with E-state index in [9.17, 15) is 19.6 Å². The van der Waals surface area contributed by atoms with E-state index in [2.05, 4.69) is 0 Å². The standard InChI is InChI=1S/C13H10FN3O6/c14-11-5-4-9(17(21)22)7-12(11)15-13(18)23-10-3-1-2-8(6-10)16(19)20/h1-7,21-22H,(H,15,18)/q-2. The van der Waals surface area contributed by atoms with Crippen LogP contribution in [0.4, 0.5) is 26.2 Å². The maximum Gasteiger partial charge on any atom is 0.417 e. The normalized spacial score (nSPS) is 10.1. The molecule has 0 aliphatic carbocycles. The van der Waals surface area contributed by atoms with E-state index in [0.717, 1.165) is 24.3 Å². The molecule has 3 N–H and O–H groups in total. The lowest BCUT2D eigenvalue weighted by atomic mass is 10.2. The third kappa shape index (κ3) is 4.28. The lowest BCUT2D eigenvalue weighted by molar-refractivity contribution is 0.0291. The Morgan fingerprint density at radius 2 is 1.87 bits per heavy atom. The summed E-state index contributed by atoms with van der Waals surface area (Å²) in [6.07, 6.45) is -1.11. The van der Waals surface area contributed by atoms with Crippen LogP contribution in [0, 0.1) is 16.2 Å². The summed E-state index contributed by atoms with van der Waals surface area (Å²) in [5.41, 5.74) is -0.845. The lowest BCUT2D eigenvalue weighted by Crippen LogP contribution is -2.18. The molecule has 2 aromatic carbocycles. The summed E-state index contributed by atoms with van der Waals surface area (Å²) >= 11 is 0. The number of carbonyl (C=O) groups excluding carboxylic acids is 1. The second-order valence-electron chi connectivity index (χ2n) is 4.22. The highest BCUT2D eigenvalue weighted by molar-refractivity contribution is 5.87. The quantitative estimate of drug-likeness (QED) is 0.732. The first-order valence-electron chi connectivity index (χ1n) is 6.07. The number of anilines is 3. The van der Waals surface area contributed by atoms with Gasteiger partial charge in [-0.15, -0.1) is 5.23 Å². The maximum atomic E-state index is 13.6. The third-order valence-corrected chi connectivity index (χ3v) is 2.66. The average molecular weight is 323 g/mol. The second kappa shape index (κ2) is 6.89. The zero-order chi connectivity index (χ0) is 17.0. The number of hydrogen-bond acceptors (Lipinski definition) is 8. The number of amides is 1. The molecule has 2 rings (SSSR count). The number of halogens is 1. The van der Waals surface area contributed by atoms with Crippen LogP contribution in [0.15, 0.2) is 42.5 Å². The van der Waals surface area contributed by atoms with Crippen LogP contribution in [-0.4, -0.2) is 16.5 Å². The van der Waals surface area contributed by atoms with Crippen LogP contribution in [0.1, 0.15) is 0 Å². The Morgan fingerprint density at radius 1 is 1.13 bits per heavy atom. The number of nitrogens with one attached hydrogen (secondary N) is 1. The van der Waals surface area contributed by atoms with Gasteiger partial charge in [-0.3, -0.25) is 15.7 Å². The highest BCUT2D eigenvalue weighted by atomic mass is 19.1. The Bertz CT molecular complexity index is 710. The first kappa shape index (κ1) is 16.5. The predicted octanol–water partition coefficient (Wildman–Crippen LogP) is 2.82. The summed E-state index contributed by atoms with van der Waals surface area (Å²) in [4.78, 5) is 11.7. The van der Waals surface area contributed by atoms with Gasteiger partial charge in [-0.25, -0.2) is 9.18 Å². The van der Waals surface area contributed by atoms with E-state index in [1.807, 2.05) is 5.32 Å². The highest BCUT2D eigenvalue weighted by Crippen LogP contribution is 2.23. The van der Waals surface area contributed by atoms with Crippen molar-refractivity contribution in [2.45, 2.75) is 0 Å². The van der Waals surface area contributed by atoms with Gasteiger partial charge in [-0.2, -0.15) is 0 Å². The smallest absolute Gasteiger partial charge is 0.417 e. The molecule has 0 atom stereocenters. The zero-order valence-corrected chi connectivity index (χ0v) is 11.3. The van der Waals surface area contributed by atoms with Gasteiger partial charge >= 0.3 is 6.09 Å². The Kier molecular flexibility index (Phi) is 4.93. The van der Waals surface area contributed by atoms with Crippen molar-refractivity contribution in [2.75, 3.05) is 15.8 Å². The van der Waals surface area contributed by atoms with E-state index in [0.29, 0.717) is 0 Å². The first-order valence-corrected chi connectivity index (χ1v) is 6.07. The molecule has 0 spiro atoms. The molecule has 9 nitrogen and oxygen atoms in total. The van der Waals surface area contributed by atoms with Gasteiger partial charge in [-0.05, 0) is 30.3 Å². The molecule has 0 bridgehead atoms. The molecule has 0 aromatic heterocycles. The molecule has 1 amide bonds. The predicted molar refractivity (Wildman–Crippen MR) is 77.8 cm³/mol. The van der Waals surface area contributed by atoms with E-state index in [4.69, 9.17) is 15.2 Å². The molecule has 0 aliphatic rings. The van der Waals surface area contributed by atoms with E-state index < -0.39 is 17.1 Å². The average Bonchev–Trinajstić information content (AvgIpc) is 2.49. The number of nitrogens with zero attached hydrogens (tertiary/aromatic N) is 2. The molecule has 2 aromatic rings. The van der Waals surface area contributed by atoms with Crippen molar-refractivity contribution < 1.29 is 24.3 Å². The van der Waals surface area contributed by atoms with Gasteiger partial charge in [0.2, 0.25) is 0 Å². The molecule has 23 heavy (non-hydrogen) atoms. The minimum atomic E-state index is -1.11. The number of carbonyl (C=O) groups is 1. The summed E-state index contributed by atoms with van der Waals surface area (Å²) in [7, 11) is 0. The molecule has 0 fully saturated rings. The monoisotopic (exact) mass is 323 g/mol. The second-order valence-corrected chi connectivity index (χ2v) is 4.22. The molecule has 0 saturated carbocycles. The van der Waals surface area contributed by atoms with E-state index in [-0.39, 0.29) is 28.0 Å². The summed E-state index contributed by atoms with van der Waals surface area (Å²) in [6, 6.07) is 7.77. The van der Waals surface area contributed by atoms with Crippen LogP contribution >= 0.6 is 0 Å². The summed E-state index contributed by atoms with van der Waals surface area (Å²) in [6.45, 7) is 0. The van der Waals surface area contributed by atoms with Crippen LogP contribution in [0.3, 0.4) is 0 Å². The van der Waals surface area contributed by atoms with Crippen LogP contribution in [0.25, 0.3) is 0 Å². The van der Waals surface area contributed by atoms with Gasteiger partial charge in [0.1, 0.15) is 11.6 Å². The molecular formula is C13H10FN3O6-2. The van der Waals surface area contributed by atoms with Crippen molar-refractivity contribution in [3.63, 3.8) is 0 Å².